The van der Waals surface area contributed by atoms with Gasteiger partial charge in [0.25, 0.3) is 0 Å². The predicted octanol–water partition coefficient (Wildman–Crippen LogP) is 3.34. The molecule has 0 spiro atoms. The van der Waals surface area contributed by atoms with Crippen molar-refractivity contribution >= 4 is 17.1 Å². The topological polar surface area (TPSA) is 48.4 Å². The summed E-state index contributed by atoms with van der Waals surface area (Å²) < 4.78 is 11.2. The minimum Gasteiger partial charge on any atom is -0.496 e. The van der Waals surface area contributed by atoms with Gasteiger partial charge < -0.3 is 9.47 Å². The first-order valence-corrected chi connectivity index (χ1v) is 7.31. The molecule has 20 heavy (non-hydrogen) atoms. The number of aromatic nitrogens is 1. The lowest BCUT2D eigenvalue weighted by Gasteiger charge is -2.09. The first-order chi connectivity index (χ1) is 9.58. The van der Waals surface area contributed by atoms with E-state index in [1.807, 2.05) is 19.1 Å². The molecule has 5 heteroatoms. The number of hydrogen-bond acceptors (Lipinski definition) is 5. The monoisotopic (exact) mass is 289 g/mol. The number of carbonyl (C=O) groups excluding carboxylic acids is 1. The number of fused-ring (bicyclic) bond motifs is 1. The van der Waals surface area contributed by atoms with Crippen molar-refractivity contribution in [2.45, 2.75) is 26.4 Å². The van der Waals surface area contributed by atoms with E-state index in [4.69, 9.17) is 9.47 Å². The van der Waals surface area contributed by atoms with Crippen LogP contribution in [-0.2, 0) is 6.42 Å². The summed E-state index contributed by atoms with van der Waals surface area (Å²) in [6.45, 7) is 3.56. The average molecular weight is 289 g/mol. The second-order valence-electron chi connectivity index (χ2n) is 4.89. The van der Waals surface area contributed by atoms with Crippen LogP contribution in [0, 0.1) is 0 Å². The number of ether oxygens (including phenoxy) is 2. The zero-order valence-electron chi connectivity index (χ0n) is 11.6. The van der Waals surface area contributed by atoms with Gasteiger partial charge in [-0.1, -0.05) is 0 Å². The van der Waals surface area contributed by atoms with Crippen molar-refractivity contribution in [1.82, 2.24) is 4.98 Å². The van der Waals surface area contributed by atoms with Crippen LogP contribution in [0.5, 0.6) is 11.5 Å². The molecule has 2 aromatic rings. The van der Waals surface area contributed by atoms with Gasteiger partial charge in [-0.25, -0.2) is 4.98 Å². The molecular formula is C15H15NO3S. The van der Waals surface area contributed by atoms with Crippen LogP contribution in [0.4, 0.5) is 0 Å². The van der Waals surface area contributed by atoms with Gasteiger partial charge in [-0.05, 0) is 19.1 Å². The number of carbonyl (C=O) groups is 1. The average Bonchev–Trinajstić information content (AvgIpc) is 3.01. The van der Waals surface area contributed by atoms with Crippen molar-refractivity contribution in [3.63, 3.8) is 0 Å². The molecule has 1 aromatic carbocycles. The van der Waals surface area contributed by atoms with Gasteiger partial charge in [0.1, 0.15) is 28.3 Å². The highest BCUT2D eigenvalue weighted by Gasteiger charge is 2.23. The number of rotatable bonds is 3. The second kappa shape index (κ2) is 4.90. The molecule has 4 nitrogen and oxygen atoms in total. The fraction of sp³-hybridized carbons (Fsp3) is 0.333. The van der Waals surface area contributed by atoms with Crippen LogP contribution < -0.4 is 9.47 Å². The third kappa shape index (κ3) is 2.18. The van der Waals surface area contributed by atoms with Crippen molar-refractivity contribution in [2.24, 2.45) is 0 Å². The lowest BCUT2D eigenvalue weighted by atomic mass is 10.1. The van der Waals surface area contributed by atoms with Gasteiger partial charge in [0.2, 0.25) is 0 Å². The molecule has 1 aromatic heterocycles. The predicted molar refractivity (Wildman–Crippen MR) is 77.9 cm³/mol. The summed E-state index contributed by atoms with van der Waals surface area (Å²) in [5, 5.41) is 2.55. The summed E-state index contributed by atoms with van der Waals surface area (Å²) in [6.07, 6.45) is 1.08. The molecule has 0 radical (unpaired) electrons. The van der Waals surface area contributed by atoms with Crippen molar-refractivity contribution < 1.29 is 14.3 Å². The van der Waals surface area contributed by atoms with Crippen molar-refractivity contribution in [3.05, 3.63) is 28.8 Å². The van der Waals surface area contributed by atoms with Crippen LogP contribution in [0.15, 0.2) is 17.5 Å². The normalized spacial score (nSPS) is 16.6. The van der Waals surface area contributed by atoms with Gasteiger partial charge in [-0.2, -0.15) is 0 Å². The van der Waals surface area contributed by atoms with Gasteiger partial charge in [-0.3, -0.25) is 4.79 Å². The first-order valence-electron chi connectivity index (χ1n) is 6.43. The Hall–Kier alpha value is -1.88. The highest BCUT2D eigenvalue weighted by molar-refractivity contribution is 7.13. The Labute approximate surface area is 121 Å². The molecule has 1 aliphatic heterocycles. The number of ketones is 1. The fourth-order valence-corrected chi connectivity index (χ4v) is 3.21. The third-order valence-corrected chi connectivity index (χ3v) is 4.19. The zero-order valence-corrected chi connectivity index (χ0v) is 12.4. The molecule has 3 rings (SSSR count). The molecule has 0 saturated heterocycles. The highest BCUT2D eigenvalue weighted by atomic mass is 32.1. The zero-order chi connectivity index (χ0) is 14.3. The van der Waals surface area contributed by atoms with Gasteiger partial charge in [0, 0.05) is 24.3 Å². The molecule has 0 fully saturated rings. The van der Waals surface area contributed by atoms with Gasteiger partial charge >= 0.3 is 0 Å². The summed E-state index contributed by atoms with van der Waals surface area (Å²) in [6, 6.07) is 3.96. The quantitative estimate of drug-likeness (QED) is 0.813. The van der Waals surface area contributed by atoms with Crippen LogP contribution >= 0.6 is 11.3 Å². The molecule has 0 N–H and O–H groups in total. The number of nitrogens with zero attached hydrogens (tertiary/aromatic N) is 1. The fourth-order valence-electron chi connectivity index (χ4n) is 2.33. The van der Waals surface area contributed by atoms with Gasteiger partial charge in [0.15, 0.2) is 5.78 Å². The van der Waals surface area contributed by atoms with Crippen molar-refractivity contribution in [1.29, 1.82) is 0 Å². The van der Waals surface area contributed by atoms with Crippen LogP contribution in [0.2, 0.25) is 0 Å². The summed E-state index contributed by atoms with van der Waals surface area (Å²) in [5.74, 6) is 1.62. The van der Waals surface area contributed by atoms with E-state index in [-0.39, 0.29) is 11.9 Å². The van der Waals surface area contributed by atoms with E-state index < -0.39 is 0 Å². The minimum absolute atomic E-state index is 0.0301. The third-order valence-electron chi connectivity index (χ3n) is 3.31. The smallest absolute Gasteiger partial charge is 0.178 e. The van der Waals surface area contributed by atoms with Crippen LogP contribution in [0.25, 0.3) is 10.6 Å². The van der Waals surface area contributed by atoms with Gasteiger partial charge in [-0.15, -0.1) is 11.3 Å². The number of thiazole rings is 1. The van der Waals surface area contributed by atoms with E-state index in [2.05, 4.69) is 4.98 Å². The summed E-state index contributed by atoms with van der Waals surface area (Å²) in [7, 11) is 1.64. The number of methoxy groups -OCH3 is 1. The number of hydrogen-bond donors (Lipinski definition) is 0. The van der Waals surface area contributed by atoms with E-state index in [0.717, 1.165) is 34.1 Å². The summed E-state index contributed by atoms with van der Waals surface area (Å²) in [4.78, 5) is 15.7. The Kier molecular flexibility index (Phi) is 3.22. The Bertz CT molecular complexity index is 678. The molecular weight excluding hydrogens is 274 g/mol. The lowest BCUT2D eigenvalue weighted by Crippen LogP contribution is -2.05. The van der Waals surface area contributed by atoms with Crippen LogP contribution in [0.1, 0.15) is 29.9 Å². The molecule has 1 unspecified atom stereocenters. The Morgan fingerprint density at radius 1 is 1.50 bits per heavy atom. The molecule has 2 heterocycles. The van der Waals surface area contributed by atoms with Crippen LogP contribution in [-0.4, -0.2) is 24.0 Å². The Morgan fingerprint density at radius 2 is 2.30 bits per heavy atom. The highest BCUT2D eigenvalue weighted by Crippen LogP contribution is 2.40. The van der Waals surface area contributed by atoms with Gasteiger partial charge in [0.05, 0.1) is 12.7 Å². The molecule has 104 valence electrons. The van der Waals surface area contributed by atoms with E-state index in [1.54, 1.807) is 12.5 Å². The van der Waals surface area contributed by atoms with E-state index >= 15 is 0 Å². The standard InChI is InChI=1S/C15H15NO3S/c1-8-4-10-5-14(18-3)11(6-13(10)19-8)15-16-12(7-20-15)9(2)17/h5-8H,4H2,1-3H3. The molecule has 0 amide bonds. The SMILES string of the molecule is COc1cc2c(cc1-c1nc(C(C)=O)cs1)OC(C)C2. The molecule has 0 aliphatic carbocycles. The van der Waals surface area contributed by atoms with E-state index in [9.17, 15) is 4.79 Å². The maximum Gasteiger partial charge on any atom is 0.178 e. The van der Waals surface area contributed by atoms with Crippen LogP contribution in [0.3, 0.4) is 0 Å². The Morgan fingerprint density at radius 3 is 2.95 bits per heavy atom. The maximum atomic E-state index is 11.4. The molecule has 0 bridgehead atoms. The molecule has 1 atom stereocenters. The van der Waals surface area contributed by atoms with Crippen molar-refractivity contribution in [3.8, 4) is 22.1 Å². The lowest BCUT2D eigenvalue weighted by molar-refractivity contribution is 0.101. The minimum atomic E-state index is -0.0301. The first kappa shape index (κ1) is 13.1. The van der Waals surface area contributed by atoms with Crippen molar-refractivity contribution in [2.75, 3.05) is 7.11 Å². The second-order valence-corrected chi connectivity index (χ2v) is 5.74. The number of Topliss-reactive ketones (excluding diaryl/α,β-unsaturated/α-hetero) is 1. The van der Waals surface area contributed by atoms with E-state index in [1.165, 1.54) is 18.3 Å². The van der Waals surface area contributed by atoms with E-state index in [0.29, 0.717) is 5.69 Å². The number of benzene rings is 1. The Balaban J connectivity index is 2.08. The molecule has 0 saturated carbocycles. The largest absolute Gasteiger partial charge is 0.496 e. The summed E-state index contributed by atoms with van der Waals surface area (Å²) >= 11 is 1.44. The maximum absolute atomic E-state index is 11.4. The summed E-state index contributed by atoms with van der Waals surface area (Å²) in [5.41, 5.74) is 2.51. The molecule has 1 aliphatic rings.